The summed E-state index contributed by atoms with van der Waals surface area (Å²) in [6.07, 6.45) is 0. The molecule has 7 rings (SSSR count). The molecule has 0 spiro atoms. The van der Waals surface area contributed by atoms with Crippen molar-refractivity contribution in [2.45, 2.75) is 0 Å². The van der Waals surface area contributed by atoms with Gasteiger partial charge in [0.25, 0.3) is 0 Å². The van der Waals surface area contributed by atoms with Gasteiger partial charge in [0, 0.05) is 5.02 Å². The molecular formula is C34H26B5Cl. The molecule has 0 aromatic heterocycles. The molecule has 0 saturated heterocycles. The van der Waals surface area contributed by atoms with Crippen LogP contribution in [0.15, 0.2) is 97.1 Å². The Bertz CT molecular complexity index is 2100. The Morgan fingerprint density at radius 3 is 1.35 bits per heavy atom. The molecule has 6 heteroatoms. The zero-order chi connectivity index (χ0) is 27.7. The predicted molar refractivity (Wildman–Crippen MR) is 193 cm³/mol. The molecule has 0 unspecified atom stereocenters. The summed E-state index contributed by atoms with van der Waals surface area (Å²) in [6, 6.07) is 35.4. The van der Waals surface area contributed by atoms with Gasteiger partial charge in [-0.1, -0.05) is 101 Å². The molecule has 0 radical (unpaired) electrons. The minimum absolute atomic E-state index is 0.764. The normalized spacial score (nSPS) is 11.6. The Kier molecular flexibility index (Phi) is 5.91. The molecule has 0 fully saturated rings. The van der Waals surface area contributed by atoms with Crippen LogP contribution in [0.25, 0.3) is 65.3 Å². The van der Waals surface area contributed by atoms with Gasteiger partial charge in [0.2, 0.25) is 0 Å². The van der Waals surface area contributed by atoms with Gasteiger partial charge in [-0.15, -0.1) is 16.4 Å². The zero-order valence-corrected chi connectivity index (χ0v) is 24.4. The summed E-state index contributed by atoms with van der Waals surface area (Å²) in [5, 5.41) is 10.8. The molecule has 184 valence electrons. The standard InChI is InChI=1S/C34H26B5Cl/c35-30-29(31(36)33(38)34(39)32(30)37)28-23-7-3-1-5-21(23)27(22-6-2-4-8-24(22)28)19-12-11-17-9-10-18-13-14-20(40)16-26(18)25(17)15-19/h1-16H,35-39H2. The zero-order valence-electron chi connectivity index (χ0n) is 23.6. The van der Waals surface area contributed by atoms with E-state index in [1.807, 2.05) is 6.07 Å². The summed E-state index contributed by atoms with van der Waals surface area (Å²) < 4.78 is 0. The molecule has 0 aliphatic heterocycles. The van der Waals surface area contributed by atoms with Crippen LogP contribution < -0.4 is 27.3 Å². The lowest BCUT2D eigenvalue weighted by molar-refractivity contribution is 1.70. The monoisotopic (exact) mass is 524 g/mol. The summed E-state index contributed by atoms with van der Waals surface area (Å²) >= 11 is 6.47. The lowest BCUT2D eigenvalue weighted by Gasteiger charge is -2.24. The third-order valence-corrected chi connectivity index (χ3v) is 9.51. The fourth-order valence-corrected chi connectivity index (χ4v) is 6.93. The second-order valence-corrected chi connectivity index (χ2v) is 11.6. The summed E-state index contributed by atoms with van der Waals surface area (Å²) in [4.78, 5) is 0. The fraction of sp³-hybridized carbons (Fsp3) is 0. The van der Waals surface area contributed by atoms with Gasteiger partial charge < -0.3 is 0 Å². The Morgan fingerprint density at radius 1 is 0.375 bits per heavy atom. The molecule has 0 aliphatic carbocycles. The molecular weight excluding hydrogens is 498 g/mol. The maximum Gasteiger partial charge on any atom is 0.139 e. The molecule has 0 nitrogen and oxygen atoms in total. The number of rotatable bonds is 2. The number of fused-ring (bicyclic) bond motifs is 5. The van der Waals surface area contributed by atoms with E-state index in [-0.39, 0.29) is 0 Å². The average Bonchev–Trinajstić information content (AvgIpc) is 2.98. The van der Waals surface area contributed by atoms with E-state index in [9.17, 15) is 0 Å². The van der Waals surface area contributed by atoms with Gasteiger partial charge in [0.05, 0.1) is 0 Å². The predicted octanol–water partition coefficient (Wildman–Crippen LogP) is 1.58. The van der Waals surface area contributed by atoms with Gasteiger partial charge in [-0.2, -0.15) is 0 Å². The Balaban J connectivity index is 1.64. The van der Waals surface area contributed by atoms with Crippen LogP contribution in [0.4, 0.5) is 0 Å². The van der Waals surface area contributed by atoms with Crippen LogP contribution in [0.1, 0.15) is 0 Å². The van der Waals surface area contributed by atoms with Crippen molar-refractivity contribution in [3.05, 3.63) is 102 Å². The Labute approximate surface area is 244 Å². The topological polar surface area (TPSA) is 0 Å². The van der Waals surface area contributed by atoms with Crippen molar-refractivity contribution < 1.29 is 0 Å². The average molecular weight is 524 g/mol. The summed E-state index contributed by atoms with van der Waals surface area (Å²) in [6.45, 7) is 0. The van der Waals surface area contributed by atoms with Crippen molar-refractivity contribution in [1.29, 1.82) is 0 Å². The van der Waals surface area contributed by atoms with Gasteiger partial charge in [-0.05, 0) is 83.5 Å². The first kappa shape index (κ1) is 25.2. The Hall–Kier alpha value is -3.81. The van der Waals surface area contributed by atoms with E-state index in [0.29, 0.717) is 0 Å². The van der Waals surface area contributed by atoms with Crippen molar-refractivity contribution in [3.63, 3.8) is 0 Å². The quantitative estimate of drug-likeness (QED) is 0.183. The van der Waals surface area contributed by atoms with Gasteiger partial charge in [-0.3, -0.25) is 0 Å². The van der Waals surface area contributed by atoms with Crippen LogP contribution in [0.2, 0.25) is 5.02 Å². The molecule has 0 atom stereocenters. The summed E-state index contributed by atoms with van der Waals surface area (Å²) in [5.41, 5.74) is 12.1. The van der Waals surface area contributed by atoms with Crippen molar-refractivity contribution in [2.24, 2.45) is 0 Å². The van der Waals surface area contributed by atoms with Gasteiger partial charge in [0.15, 0.2) is 0 Å². The van der Waals surface area contributed by atoms with Crippen molar-refractivity contribution in [1.82, 2.24) is 0 Å². The minimum atomic E-state index is 0.764. The molecule has 0 aliphatic rings. The molecule has 0 saturated carbocycles. The first-order valence-electron chi connectivity index (χ1n) is 14.0. The lowest BCUT2D eigenvalue weighted by Crippen LogP contribution is -2.55. The number of hydrogen-bond acceptors (Lipinski definition) is 0. The highest BCUT2D eigenvalue weighted by molar-refractivity contribution is 6.69. The maximum atomic E-state index is 6.47. The third-order valence-electron chi connectivity index (χ3n) is 9.27. The van der Waals surface area contributed by atoms with Gasteiger partial charge >= 0.3 is 0 Å². The third kappa shape index (κ3) is 3.68. The van der Waals surface area contributed by atoms with Gasteiger partial charge in [-0.25, -0.2) is 0 Å². The molecule has 0 heterocycles. The number of benzene rings is 7. The smallest absolute Gasteiger partial charge is 0.102 e. The second-order valence-electron chi connectivity index (χ2n) is 11.2. The molecule has 7 aromatic carbocycles. The van der Waals surface area contributed by atoms with Crippen LogP contribution in [0.5, 0.6) is 0 Å². The van der Waals surface area contributed by atoms with E-state index < -0.39 is 0 Å². The summed E-state index contributed by atoms with van der Waals surface area (Å²) in [5.74, 6) is 0. The van der Waals surface area contributed by atoms with Crippen molar-refractivity contribution in [2.75, 3.05) is 0 Å². The first-order chi connectivity index (χ1) is 19.3. The highest BCUT2D eigenvalue weighted by Crippen LogP contribution is 2.43. The maximum absolute atomic E-state index is 6.47. The van der Waals surface area contributed by atoms with Crippen LogP contribution in [0.3, 0.4) is 0 Å². The second kappa shape index (κ2) is 9.39. The van der Waals surface area contributed by atoms with E-state index in [1.54, 1.807) is 0 Å². The molecule has 0 amide bonds. The molecule has 40 heavy (non-hydrogen) atoms. The first-order valence-corrected chi connectivity index (χ1v) is 14.4. The van der Waals surface area contributed by atoms with E-state index in [0.717, 1.165) is 5.02 Å². The number of hydrogen-bond donors (Lipinski definition) is 0. The van der Waals surface area contributed by atoms with Crippen LogP contribution in [-0.4, -0.2) is 39.2 Å². The molecule has 0 N–H and O–H groups in total. The van der Waals surface area contributed by atoms with E-state index >= 15 is 0 Å². The minimum Gasteiger partial charge on any atom is -0.102 e. The summed E-state index contributed by atoms with van der Waals surface area (Å²) in [7, 11) is 11.4. The van der Waals surface area contributed by atoms with Crippen molar-refractivity contribution >= 4 is 121 Å². The van der Waals surface area contributed by atoms with Crippen LogP contribution >= 0.6 is 11.6 Å². The molecule has 0 bridgehead atoms. The van der Waals surface area contributed by atoms with Crippen molar-refractivity contribution in [3.8, 4) is 22.3 Å². The van der Waals surface area contributed by atoms with E-state index in [4.69, 9.17) is 11.6 Å². The highest BCUT2D eigenvalue weighted by atomic mass is 35.5. The van der Waals surface area contributed by atoms with E-state index in [1.165, 1.54) is 92.7 Å². The number of halogens is 1. The lowest BCUT2D eigenvalue weighted by atomic mass is 9.59. The SMILES string of the molecule is Bc1c(B)c(B)c(-c2c3ccccc3c(-c3ccc4ccc5ccc(Cl)cc5c4c3)c3ccccc23)c(B)c1B. The fourth-order valence-electron chi connectivity index (χ4n) is 6.76. The molecule has 7 aromatic rings. The van der Waals surface area contributed by atoms with Gasteiger partial charge in [0.1, 0.15) is 39.2 Å². The Morgan fingerprint density at radius 2 is 0.800 bits per heavy atom. The van der Waals surface area contributed by atoms with Crippen LogP contribution in [-0.2, 0) is 0 Å². The largest absolute Gasteiger partial charge is 0.139 e. The van der Waals surface area contributed by atoms with E-state index in [2.05, 4.69) is 130 Å². The highest BCUT2D eigenvalue weighted by Gasteiger charge is 2.21. The van der Waals surface area contributed by atoms with Crippen LogP contribution in [0, 0.1) is 0 Å².